The minimum Gasteiger partial charge on any atom is -0.319 e. The lowest BCUT2D eigenvalue weighted by Gasteiger charge is -2.15. The quantitative estimate of drug-likeness (QED) is 0.889. The van der Waals surface area contributed by atoms with Gasteiger partial charge in [-0.2, -0.15) is 18.4 Å². The molecule has 0 spiro atoms. The predicted octanol–water partition coefficient (Wildman–Crippen LogP) is 4.10. The highest BCUT2D eigenvalue weighted by Crippen LogP contribution is 2.34. The Bertz CT molecular complexity index is 694. The number of hydrogen-bond acceptors (Lipinski definition) is 3. The van der Waals surface area contributed by atoms with Crippen molar-refractivity contribution in [3.05, 3.63) is 63.9 Å². The molecule has 116 valence electrons. The number of halogens is 5. The van der Waals surface area contributed by atoms with Gasteiger partial charge in [0.15, 0.2) is 5.69 Å². The van der Waals surface area contributed by atoms with Crippen LogP contribution in [0.2, 0.25) is 5.02 Å². The van der Waals surface area contributed by atoms with E-state index in [1.165, 1.54) is 18.2 Å². The molecular formula is C14H10Cl2F3N3. The number of rotatable bonds is 2. The fourth-order valence-electron chi connectivity index (χ4n) is 1.77. The van der Waals surface area contributed by atoms with Crippen LogP contribution in [0.1, 0.15) is 28.6 Å². The zero-order valence-electron chi connectivity index (χ0n) is 10.9. The second-order valence-electron chi connectivity index (χ2n) is 4.28. The molecule has 0 aliphatic carbocycles. The van der Waals surface area contributed by atoms with Gasteiger partial charge in [0.1, 0.15) is 0 Å². The largest absolute Gasteiger partial charge is 0.434 e. The van der Waals surface area contributed by atoms with Crippen molar-refractivity contribution in [1.82, 2.24) is 4.98 Å². The fraction of sp³-hybridized carbons (Fsp3) is 0.143. The van der Waals surface area contributed by atoms with Gasteiger partial charge in [0.25, 0.3) is 0 Å². The Morgan fingerprint density at radius 3 is 2.23 bits per heavy atom. The Labute approximate surface area is 135 Å². The third kappa shape index (κ3) is 3.89. The van der Waals surface area contributed by atoms with E-state index in [4.69, 9.17) is 22.6 Å². The van der Waals surface area contributed by atoms with E-state index in [1.807, 2.05) is 6.07 Å². The molecule has 0 aliphatic rings. The van der Waals surface area contributed by atoms with Gasteiger partial charge in [0, 0.05) is 0 Å². The third-order valence-electron chi connectivity index (χ3n) is 2.85. The average Bonchev–Trinajstić information content (AvgIpc) is 2.46. The molecule has 0 amide bonds. The van der Waals surface area contributed by atoms with Crippen LogP contribution in [0, 0.1) is 11.3 Å². The van der Waals surface area contributed by atoms with E-state index in [-0.39, 0.29) is 18.1 Å². The maximum absolute atomic E-state index is 12.8. The van der Waals surface area contributed by atoms with Gasteiger partial charge in [-0.25, -0.2) is 4.98 Å². The zero-order chi connectivity index (χ0) is 15.6. The van der Waals surface area contributed by atoms with E-state index in [0.29, 0.717) is 11.1 Å². The summed E-state index contributed by atoms with van der Waals surface area (Å²) in [4.78, 5) is 3.52. The third-order valence-corrected chi connectivity index (χ3v) is 3.16. The molecule has 2 aromatic rings. The van der Waals surface area contributed by atoms with Gasteiger partial charge in [0.2, 0.25) is 0 Å². The van der Waals surface area contributed by atoms with Crippen LogP contribution in [0.3, 0.4) is 0 Å². The van der Waals surface area contributed by atoms with Gasteiger partial charge < -0.3 is 5.73 Å². The molecule has 1 aromatic heterocycles. The fourth-order valence-corrected chi connectivity index (χ4v) is 1.98. The molecular weight excluding hydrogens is 338 g/mol. The van der Waals surface area contributed by atoms with E-state index < -0.39 is 22.9 Å². The second-order valence-corrected chi connectivity index (χ2v) is 4.68. The minimum absolute atomic E-state index is 0. The molecule has 0 saturated carbocycles. The van der Waals surface area contributed by atoms with E-state index >= 15 is 0 Å². The number of pyridine rings is 1. The molecule has 2 rings (SSSR count). The molecule has 0 bridgehead atoms. The second kappa shape index (κ2) is 6.97. The molecule has 1 heterocycles. The first-order valence-corrected chi connectivity index (χ1v) is 6.20. The number of nitrogens with zero attached hydrogens (tertiary/aromatic N) is 2. The van der Waals surface area contributed by atoms with Crippen LogP contribution in [0.25, 0.3) is 0 Å². The number of alkyl halides is 3. The smallest absolute Gasteiger partial charge is 0.319 e. The van der Waals surface area contributed by atoms with E-state index in [2.05, 4.69) is 4.98 Å². The average molecular weight is 348 g/mol. The van der Waals surface area contributed by atoms with Crippen LogP contribution in [-0.2, 0) is 6.18 Å². The van der Waals surface area contributed by atoms with Crippen LogP contribution in [0.4, 0.5) is 13.2 Å². The van der Waals surface area contributed by atoms with Crippen molar-refractivity contribution in [2.24, 2.45) is 5.73 Å². The first kappa shape index (κ1) is 18.2. The van der Waals surface area contributed by atoms with Crippen LogP contribution in [0.5, 0.6) is 0 Å². The van der Waals surface area contributed by atoms with Gasteiger partial charge in [-0.05, 0) is 29.8 Å². The Balaban J connectivity index is 0.00000242. The number of hydrogen-bond donors (Lipinski definition) is 1. The van der Waals surface area contributed by atoms with Crippen LogP contribution >= 0.6 is 24.0 Å². The highest BCUT2D eigenvalue weighted by molar-refractivity contribution is 6.31. The van der Waals surface area contributed by atoms with Crippen molar-refractivity contribution in [3.8, 4) is 6.07 Å². The van der Waals surface area contributed by atoms with Gasteiger partial charge in [-0.1, -0.05) is 23.7 Å². The lowest BCUT2D eigenvalue weighted by molar-refractivity contribution is -0.141. The van der Waals surface area contributed by atoms with Gasteiger partial charge >= 0.3 is 6.18 Å². The monoisotopic (exact) mass is 347 g/mol. The molecule has 0 radical (unpaired) electrons. The topological polar surface area (TPSA) is 62.7 Å². The highest BCUT2D eigenvalue weighted by atomic mass is 35.5. The molecule has 0 fully saturated rings. The van der Waals surface area contributed by atoms with Crippen molar-refractivity contribution in [3.63, 3.8) is 0 Å². The van der Waals surface area contributed by atoms with Crippen molar-refractivity contribution in [2.45, 2.75) is 12.2 Å². The molecule has 0 saturated heterocycles. The van der Waals surface area contributed by atoms with Crippen molar-refractivity contribution in [2.75, 3.05) is 0 Å². The molecule has 3 nitrogen and oxygen atoms in total. The van der Waals surface area contributed by atoms with E-state index in [1.54, 1.807) is 12.1 Å². The van der Waals surface area contributed by atoms with Crippen LogP contribution < -0.4 is 5.73 Å². The standard InChI is InChI=1S/C14H9ClF3N3.ClH/c15-10-5-6-11(21-13(10)14(16,17)18)12(20)9-3-1-8(7-19)2-4-9;/h1-6,12H,20H2;1H. The zero-order valence-corrected chi connectivity index (χ0v) is 12.5. The normalized spacial score (nSPS) is 12.2. The number of nitrogens with two attached hydrogens (primary N) is 1. The summed E-state index contributed by atoms with van der Waals surface area (Å²) >= 11 is 5.51. The van der Waals surface area contributed by atoms with Crippen LogP contribution in [-0.4, -0.2) is 4.98 Å². The SMILES string of the molecule is Cl.N#Cc1ccc(C(N)c2ccc(Cl)c(C(F)(F)F)n2)cc1. The summed E-state index contributed by atoms with van der Waals surface area (Å²) in [7, 11) is 0. The first-order valence-electron chi connectivity index (χ1n) is 5.82. The van der Waals surface area contributed by atoms with Crippen molar-refractivity contribution in [1.29, 1.82) is 5.26 Å². The number of nitriles is 1. The van der Waals surface area contributed by atoms with E-state index in [9.17, 15) is 13.2 Å². The highest BCUT2D eigenvalue weighted by Gasteiger charge is 2.35. The van der Waals surface area contributed by atoms with Gasteiger partial charge in [0.05, 0.1) is 28.4 Å². The maximum atomic E-state index is 12.8. The van der Waals surface area contributed by atoms with Crippen molar-refractivity contribution < 1.29 is 13.2 Å². The lowest BCUT2D eigenvalue weighted by Crippen LogP contribution is -2.17. The Kier molecular flexibility index (Phi) is 5.78. The van der Waals surface area contributed by atoms with E-state index in [0.717, 1.165) is 6.07 Å². The molecule has 1 unspecified atom stereocenters. The number of benzene rings is 1. The molecule has 1 atom stereocenters. The lowest BCUT2D eigenvalue weighted by atomic mass is 10.0. The van der Waals surface area contributed by atoms with Crippen LogP contribution in [0.15, 0.2) is 36.4 Å². The summed E-state index contributed by atoms with van der Waals surface area (Å²) in [6.45, 7) is 0. The predicted molar refractivity (Wildman–Crippen MR) is 78.7 cm³/mol. The first-order chi connectivity index (χ1) is 9.82. The summed E-state index contributed by atoms with van der Waals surface area (Å²) in [6.07, 6.45) is -4.64. The Hall–Kier alpha value is -1.81. The minimum atomic E-state index is -4.64. The summed E-state index contributed by atoms with van der Waals surface area (Å²) < 4.78 is 38.3. The number of aromatic nitrogens is 1. The Morgan fingerprint density at radius 2 is 1.73 bits per heavy atom. The summed E-state index contributed by atoms with van der Waals surface area (Å²) in [6, 6.07) is 9.81. The molecule has 8 heteroatoms. The molecule has 2 N–H and O–H groups in total. The molecule has 22 heavy (non-hydrogen) atoms. The summed E-state index contributed by atoms with van der Waals surface area (Å²) in [5, 5.41) is 8.23. The molecule has 1 aromatic carbocycles. The summed E-state index contributed by atoms with van der Waals surface area (Å²) in [5.41, 5.74) is 5.79. The Morgan fingerprint density at radius 1 is 1.14 bits per heavy atom. The van der Waals surface area contributed by atoms with Gasteiger partial charge in [-0.15, -0.1) is 12.4 Å². The summed E-state index contributed by atoms with van der Waals surface area (Å²) in [5.74, 6) is 0. The maximum Gasteiger partial charge on any atom is 0.434 e. The van der Waals surface area contributed by atoms with Gasteiger partial charge in [-0.3, -0.25) is 0 Å². The van der Waals surface area contributed by atoms with Crippen molar-refractivity contribution >= 4 is 24.0 Å². The molecule has 0 aliphatic heterocycles.